The summed E-state index contributed by atoms with van der Waals surface area (Å²) in [4.78, 5) is 0. The first-order chi connectivity index (χ1) is 9.08. The van der Waals surface area contributed by atoms with Crippen molar-refractivity contribution in [3.63, 3.8) is 0 Å². The summed E-state index contributed by atoms with van der Waals surface area (Å²) in [5, 5.41) is 4.46. The van der Waals surface area contributed by atoms with Crippen LogP contribution in [0.3, 0.4) is 0 Å². The summed E-state index contributed by atoms with van der Waals surface area (Å²) in [6.45, 7) is 6.54. The minimum atomic E-state index is 0.200. The highest BCUT2D eigenvalue weighted by molar-refractivity contribution is 6.42. The van der Waals surface area contributed by atoms with E-state index in [0.29, 0.717) is 27.6 Å². The van der Waals surface area contributed by atoms with Crippen LogP contribution in [0.1, 0.15) is 26.7 Å². The topological polar surface area (TPSA) is 21.3 Å². The summed E-state index contributed by atoms with van der Waals surface area (Å²) in [5.41, 5.74) is 0. The number of hydrogen-bond acceptors (Lipinski definition) is 2. The van der Waals surface area contributed by atoms with E-state index >= 15 is 0 Å². The average molecular weight is 302 g/mol. The van der Waals surface area contributed by atoms with Crippen LogP contribution in [0.4, 0.5) is 0 Å². The lowest BCUT2D eigenvalue weighted by Crippen LogP contribution is -2.30. The normalized spacial score (nSPS) is 20.8. The van der Waals surface area contributed by atoms with Gasteiger partial charge in [-0.15, -0.1) is 0 Å². The maximum atomic E-state index is 6.21. The predicted molar refractivity (Wildman–Crippen MR) is 81.3 cm³/mol. The van der Waals surface area contributed by atoms with Gasteiger partial charge in [-0.1, -0.05) is 43.1 Å². The van der Waals surface area contributed by atoms with Crippen molar-refractivity contribution in [1.29, 1.82) is 0 Å². The molecule has 1 aromatic rings. The Morgan fingerprint density at radius 1 is 1.37 bits per heavy atom. The third-order valence-electron chi connectivity index (χ3n) is 3.52. The smallest absolute Gasteiger partial charge is 0.139 e. The van der Waals surface area contributed by atoms with Crippen LogP contribution in [0.2, 0.25) is 10.0 Å². The fourth-order valence-corrected chi connectivity index (χ4v) is 2.87. The third-order valence-corrected chi connectivity index (χ3v) is 4.32. The molecule has 2 rings (SSSR count). The third kappa shape index (κ3) is 4.01. The summed E-state index contributed by atoms with van der Waals surface area (Å²) in [6.07, 6.45) is 2.40. The molecule has 2 nitrogen and oxygen atoms in total. The van der Waals surface area contributed by atoms with Gasteiger partial charge in [0.1, 0.15) is 16.9 Å². The number of benzene rings is 1. The molecule has 1 fully saturated rings. The van der Waals surface area contributed by atoms with Crippen LogP contribution in [-0.2, 0) is 0 Å². The van der Waals surface area contributed by atoms with Crippen molar-refractivity contribution in [2.45, 2.75) is 32.8 Å². The summed E-state index contributed by atoms with van der Waals surface area (Å²) in [7, 11) is 0. The Bertz CT molecular complexity index is 417. The summed E-state index contributed by atoms with van der Waals surface area (Å²) in [5.74, 6) is 1.85. The summed E-state index contributed by atoms with van der Waals surface area (Å²) < 4.78 is 6.16. The van der Waals surface area contributed by atoms with Crippen molar-refractivity contribution < 1.29 is 4.74 Å². The van der Waals surface area contributed by atoms with Crippen molar-refractivity contribution in [3.05, 3.63) is 28.2 Å². The molecule has 106 valence electrons. The molecule has 0 aromatic heterocycles. The van der Waals surface area contributed by atoms with Crippen LogP contribution >= 0.6 is 23.2 Å². The van der Waals surface area contributed by atoms with Crippen LogP contribution in [0, 0.1) is 11.8 Å². The molecular formula is C15H21Cl2NO. The number of rotatable bonds is 5. The Labute approximate surface area is 125 Å². The second-order valence-corrected chi connectivity index (χ2v) is 6.38. The van der Waals surface area contributed by atoms with Gasteiger partial charge in [0.05, 0.1) is 5.02 Å². The minimum Gasteiger partial charge on any atom is -0.488 e. The zero-order valence-electron chi connectivity index (χ0n) is 11.5. The first-order valence-electron chi connectivity index (χ1n) is 6.89. The standard InChI is InChI=1S/C15H21Cl2NO/c1-10(2)8-14(11-6-7-18-9-11)19-13-5-3-4-12(16)15(13)17/h3-5,10-11,14,18H,6-9H2,1-2H3. The molecule has 2 atom stereocenters. The van der Waals surface area contributed by atoms with E-state index in [1.807, 2.05) is 12.1 Å². The van der Waals surface area contributed by atoms with E-state index in [1.165, 1.54) is 0 Å². The lowest BCUT2D eigenvalue weighted by atomic mass is 9.93. The average Bonchev–Trinajstić information content (AvgIpc) is 2.87. The number of halogens is 2. The fourth-order valence-electron chi connectivity index (χ4n) is 2.53. The van der Waals surface area contributed by atoms with E-state index in [2.05, 4.69) is 19.2 Å². The van der Waals surface area contributed by atoms with E-state index in [9.17, 15) is 0 Å². The number of nitrogens with one attached hydrogen (secondary N) is 1. The number of hydrogen-bond donors (Lipinski definition) is 1. The molecule has 1 N–H and O–H groups in total. The quantitative estimate of drug-likeness (QED) is 0.870. The van der Waals surface area contributed by atoms with E-state index in [1.54, 1.807) is 6.07 Å². The first kappa shape index (κ1) is 15.0. The first-order valence-corrected chi connectivity index (χ1v) is 7.65. The van der Waals surface area contributed by atoms with E-state index in [-0.39, 0.29) is 6.10 Å². The maximum absolute atomic E-state index is 6.21. The molecule has 0 radical (unpaired) electrons. The molecule has 1 aliphatic heterocycles. The Balaban J connectivity index is 2.12. The SMILES string of the molecule is CC(C)CC(Oc1cccc(Cl)c1Cl)C1CCNC1. The highest BCUT2D eigenvalue weighted by Crippen LogP contribution is 2.34. The maximum Gasteiger partial charge on any atom is 0.139 e. The monoisotopic (exact) mass is 301 g/mol. The predicted octanol–water partition coefficient (Wildman–Crippen LogP) is 4.40. The molecule has 1 aliphatic rings. The van der Waals surface area contributed by atoms with Gasteiger partial charge in [-0.3, -0.25) is 0 Å². The lowest BCUT2D eigenvalue weighted by molar-refractivity contribution is 0.120. The molecule has 1 saturated heterocycles. The molecule has 19 heavy (non-hydrogen) atoms. The molecule has 0 amide bonds. The molecule has 0 spiro atoms. The minimum absolute atomic E-state index is 0.200. The van der Waals surface area contributed by atoms with Gasteiger partial charge in [-0.2, -0.15) is 0 Å². The zero-order valence-corrected chi connectivity index (χ0v) is 13.0. The van der Waals surface area contributed by atoms with Crippen LogP contribution in [0.25, 0.3) is 0 Å². The molecular weight excluding hydrogens is 281 g/mol. The van der Waals surface area contributed by atoms with Crippen molar-refractivity contribution in [1.82, 2.24) is 5.32 Å². The molecule has 2 unspecified atom stereocenters. The highest BCUT2D eigenvalue weighted by Gasteiger charge is 2.27. The van der Waals surface area contributed by atoms with Crippen molar-refractivity contribution >= 4 is 23.2 Å². The summed E-state index contributed by atoms with van der Waals surface area (Å²) >= 11 is 12.2. The van der Waals surface area contributed by atoms with Gasteiger partial charge in [0.25, 0.3) is 0 Å². The molecule has 1 aromatic carbocycles. The van der Waals surface area contributed by atoms with Crippen LogP contribution in [-0.4, -0.2) is 19.2 Å². The van der Waals surface area contributed by atoms with Gasteiger partial charge < -0.3 is 10.1 Å². The Hall–Kier alpha value is -0.440. The Morgan fingerprint density at radius 2 is 2.16 bits per heavy atom. The second kappa shape index (κ2) is 6.83. The molecule has 0 bridgehead atoms. The van der Waals surface area contributed by atoms with Gasteiger partial charge in [-0.25, -0.2) is 0 Å². The zero-order chi connectivity index (χ0) is 13.8. The molecule has 0 aliphatic carbocycles. The summed E-state index contributed by atoms with van der Waals surface area (Å²) in [6, 6.07) is 5.55. The fraction of sp³-hybridized carbons (Fsp3) is 0.600. The van der Waals surface area contributed by atoms with Crippen LogP contribution < -0.4 is 10.1 Å². The van der Waals surface area contributed by atoms with Crippen LogP contribution in [0.15, 0.2) is 18.2 Å². The molecule has 4 heteroatoms. The Kier molecular flexibility index (Phi) is 5.37. The van der Waals surface area contributed by atoms with E-state index in [0.717, 1.165) is 25.9 Å². The van der Waals surface area contributed by atoms with E-state index in [4.69, 9.17) is 27.9 Å². The van der Waals surface area contributed by atoms with Gasteiger partial charge in [-0.05, 0) is 37.4 Å². The lowest BCUT2D eigenvalue weighted by Gasteiger charge is -2.26. The largest absolute Gasteiger partial charge is 0.488 e. The van der Waals surface area contributed by atoms with E-state index < -0.39 is 0 Å². The Morgan fingerprint density at radius 3 is 2.79 bits per heavy atom. The second-order valence-electron chi connectivity index (χ2n) is 5.59. The van der Waals surface area contributed by atoms with Crippen molar-refractivity contribution in [2.75, 3.05) is 13.1 Å². The number of ether oxygens (including phenoxy) is 1. The van der Waals surface area contributed by atoms with Crippen molar-refractivity contribution in [2.24, 2.45) is 11.8 Å². The highest BCUT2D eigenvalue weighted by atomic mass is 35.5. The van der Waals surface area contributed by atoms with Gasteiger partial charge in [0.2, 0.25) is 0 Å². The molecule has 0 saturated carbocycles. The molecule has 1 heterocycles. The van der Waals surface area contributed by atoms with Gasteiger partial charge >= 0.3 is 0 Å². The van der Waals surface area contributed by atoms with Gasteiger partial charge in [0, 0.05) is 12.5 Å². The van der Waals surface area contributed by atoms with Crippen LogP contribution in [0.5, 0.6) is 5.75 Å². The van der Waals surface area contributed by atoms with Gasteiger partial charge in [0.15, 0.2) is 0 Å². The van der Waals surface area contributed by atoms with Crippen molar-refractivity contribution in [3.8, 4) is 5.75 Å².